The summed E-state index contributed by atoms with van der Waals surface area (Å²) in [5, 5.41) is 3.62. The fraction of sp³-hybridized carbons (Fsp3) is 0.231. The second kappa shape index (κ2) is 9.53. The Kier molecular flexibility index (Phi) is 6.56. The average molecular weight is 450 g/mol. The number of hydrogen-bond donors (Lipinski definition) is 1. The number of nitrogens with zero attached hydrogens (tertiary/aromatic N) is 2. The molecule has 4 nitrogen and oxygen atoms in total. The molecule has 0 radical (unpaired) electrons. The zero-order valence-electron chi connectivity index (χ0n) is 18.2. The standard InChI is InChI=1S/C26H25ClFN3O/c1-17-13-23-24(14-18(17)2)31(25(30-23)15-20-5-3-4-6-22(20)27)12-11-26(32)29-16-19-7-9-21(28)10-8-19/h3-10,13-14H,11-12,15-16H2,1-2H3,(H,29,32). The molecule has 0 spiro atoms. The van der Waals surface area contributed by atoms with Crippen molar-refractivity contribution in [3.8, 4) is 0 Å². The van der Waals surface area contributed by atoms with Gasteiger partial charge in [-0.05, 0) is 66.4 Å². The molecule has 0 unspecified atom stereocenters. The highest BCUT2D eigenvalue weighted by atomic mass is 35.5. The van der Waals surface area contributed by atoms with E-state index in [1.807, 2.05) is 24.3 Å². The van der Waals surface area contributed by atoms with Gasteiger partial charge in [0.1, 0.15) is 11.6 Å². The van der Waals surface area contributed by atoms with Gasteiger partial charge in [0.15, 0.2) is 0 Å². The number of fused-ring (bicyclic) bond motifs is 1. The van der Waals surface area contributed by atoms with E-state index in [0.717, 1.165) is 28.0 Å². The fourth-order valence-electron chi connectivity index (χ4n) is 3.73. The minimum Gasteiger partial charge on any atom is -0.352 e. The van der Waals surface area contributed by atoms with Gasteiger partial charge in [-0.15, -0.1) is 0 Å². The molecular formula is C26H25ClFN3O. The number of aryl methyl sites for hydroxylation is 3. The summed E-state index contributed by atoms with van der Waals surface area (Å²) >= 11 is 6.39. The fourth-order valence-corrected chi connectivity index (χ4v) is 3.93. The summed E-state index contributed by atoms with van der Waals surface area (Å²) in [6.07, 6.45) is 0.902. The van der Waals surface area contributed by atoms with Crippen molar-refractivity contribution in [1.29, 1.82) is 0 Å². The van der Waals surface area contributed by atoms with Crippen LogP contribution in [0.5, 0.6) is 0 Å². The van der Waals surface area contributed by atoms with E-state index in [0.29, 0.717) is 31.0 Å². The number of rotatable bonds is 7. The molecule has 4 rings (SSSR count). The van der Waals surface area contributed by atoms with Crippen LogP contribution < -0.4 is 5.32 Å². The SMILES string of the molecule is Cc1cc2nc(Cc3ccccc3Cl)n(CCC(=O)NCc3ccc(F)cc3)c2cc1C. The van der Waals surface area contributed by atoms with E-state index in [1.54, 1.807) is 12.1 Å². The predicted molar refractivity (Wildman–Crippen MR) is 126 cm³/mol. The van der Waals surface area contributed by atoms with Gasteiger partial charge in [-0.1, -0.05) is 41.9 Å². The van der Waals surface area contributed by atoms with Crippen molar-refractivity contribution in [2.24, 2.45) is 0 Å². The number of amides is 1. The third-order valence-electron chi connectivity index (χ3n) is 5.71. The van der Waals surface area contributed by atoms with Gasteiger partial charge in [-0.25, -0.2) is 9.37 Å². The molecule has 0 aliphatic carbocycles. The first-order valence-electron chi connectivity index (χ1n) is 10.6. The molecule has 4 aromatic rings. The van der Waals surface area contributed by atoms with E-state index in [-0.39, 0.29) is 11.7 Å². The molecule has 1 aromatic heterocycles. The van der Waals surface area contributed by atoms with E-state index in [9.17, 15) is 9.18 Å². The Hall–Kier alpha value is -3.18. The number of imidazole rings is 1. The molecule has 0 fully saturated rings. The quantitative estimate of drug-likeness (QED) is 0.391. The number of hydrogen-bond acceptors (Lipinski definition) is 2. The van der Waals surface area contributed by atoms with Gasteiger partial charge in [0, 0.05) is 31.0 Å². The summed E-state index contributed by atoms with van der Waals surface area (Å²) < 4.78 is 15.2. The largest absolute Gasteiger partial charge is 0.352 e. The zero-order chi connectivity index (χ0) is 22.7. The van der Waals surface area contributed by atoms with Crippen LogP contribution in [0.2, 0.25) is 5.02 Å². The molecule has 0 aliphatic heterocycles. The summed E-state index contributed by atoms with van der Waals surface area (Å²) in [4.78, 5) is 17.4. The maximum absolute atomic E-state index is 13.1. The molecule has 0 bridgehead atoms. The highest BCUT2D eigenvalue weighted by Gasteiger charge is 2.15. The van der Waals surface area contributed by atoms with Crippen LogP contribution in [0.15, 0.2) is 60.7 Å². The molecule has 32 heavy (non-hydrogen) atoms. The van der Waals surface area contributed by atoms with Crippen LogP contribution in [0.3, 0.4) is 0 Å². The molecule has 0 atom stereocenters. The van der Waals surface area contributed by atoms with Crippen molar-refractivity contribution in [3.63, 3.8) is 0 Å². The van der Waals surface area contributed by atoms with E-state index in [1.165, 1.54) is 23.3 Å². The van der Waals surface area contributed by atoms with E-state index in [4.69, 9.17) is 16.6 Å². The first kappa shape index (κ1) is 22.0. The minimum atomic E-state index is -0.288. The zero-order valence-corrected chi connectivity index (χ0v) is 18.9. The monoisotopic (exact) mass is 449 g/mol. The van der Waals surface area contributed by atoms with Crippen LogP contribution >= 0.6 is 11.6 Å². The van der Waals surface area contributed by atoms with Crippen LogP contribution in [0, 0.1) is 19.7 Å². The molecular weight excluding hydrogens is 425 g/mol. The van der Waals surface area contributed by atoms with E-state index < -0.39 is 0 Å². The summed E-state index contributed by atoms with van der Waals surface area (Å²) in [6.45, 7) is 5.03. The maximum Gasteiger partial charge on any atom is 0.222 e. The molecule has 0 saturated carbocycles. The van der Waals surface area contributed by atoms with Crippen LogP contribution in [-0.4, -0.2) is 15.5 Å². The minimum absolute atomic E-state index is 0.0660. The van der Waals surface area contributed by atoms with Gasteiger partial charge in [0.25, 0.3) is 0 Å². The highest BCUT2D eigenvalue weighted by Crippen LogP contribution is 2.25. The topological polar surface area (TPSA) is 46.9 Å². The Morgan fingerprint density at radius 3 is 2.53 bits per heavy atom. The Morgan fingerprint density at radius 1 is 1.06 bits per heavy atom. The van der Waals surface area contributed by atoms with Gasteiger partial charge in [-0.2, -0.15) is 0 Å². The molecule has 1 amide bonds. The van der Waals surface area contributed by atoms with Crippen molar-refractivity contribution in [2.45, 2.75) is 39.8 Å². The van der Waals surface area contributed by atoms with Gasteiger partial charge in [0.05, 0.1) is 11.0 Å². The lowest BCUT2D eigenvalue weighted by Gasteiger charge is -2.11. The van der Waals surface area contributed by atoms with Crippen LogP contribution in [0.1, 0.15) is 34.5 Å². The predicted octanol–water partition coefficient (Wildman–Crippen LogP) is 5.74. The molecule has 1 N–H and O–H groups in total. The van der Waals surface area contributed by atoms with Gasteiger partial charge in [-0.3, -0.25) is 4.79 Å². The summed E-state index contributed by atoms with van der Waals surface area (Å²) in [5.41, 5.74) is 6.16. The van der Waals surface area contributed by atoms with Gasteiger partial charge >= 0.3 is 0 Å². The number of halogens is 2. The first-order chi connectivity index (χ1) is 15.4. The van der Waals surface area contributed by atoms with E-state index in [2.05, 4.69) is 35.9 Å². The second-order valence-corrected chi connectivity index (χ2v) is 8.43. The summed E-state index contributed by atoms with van der Waals surface area (Å²) in [6, 6.07) is 18.1. The van der Waals surface area contributed by atoms with Crippen molar-refractivity contribution in [1.82, 2.24) is 14.9 Å². The molecule has 6 heteroatoms. The molecule has 0 saturated heterocycles. The number of carbonyl (C=O) groups is 1. The van der Waals surface area contributed by atoms with E-state index >= 15 is 0 Å². The Balaban J connectivity index is 1.54. The average Bonchev–Trinajstić information content (AvgIpc) is 3.09. The number of nitrogens with one attached hydrogen (secondary N) is 1. The second-order valence-electron chi connectivity index (χ2n) is 8.03. The third kappa shape index (κ3) is 5.00. The van der Waals surface area contributed by atoms with Gasteiger partial charge < -0.3 is 9.88 Å². The molecule has 164 valence electrons. The third-order valence-corrected chi connectivity index (χ3v) is 6.08. The lowest BCUT2D eigenvalue weighted by molar-refractivity contribution is -0.121. The molecule has 0 aliphatic rings. The summed E-state index contributed by atoms with van der Waals surface area (Å²) in [5.74, 6) is 0.525. The normalized spacial score (nSPS) is 11.1. The summed E-state index contributed by atoms with van der Waals surface area (Å²) in [7, 11) is 0. The van der Waals surface area contributed by atoms with Crippen LogP contribution in [-0.2, 0) is 24.3 Å². The molecule has 1 heterocycles. The van der Waals surface area contributed by atoms with Crippen molar-refractivity contribution >= 4 is 28.5 Å². The molecule has 3 aromatic carbocycles. The highest BCUT2D eigenvalue weighted by molar-refractivity contribution is 6.31. The van der Waals surface area contributed by atoms with Crippen molar-refractivity contribution in [2.75, 3.05) is 0 Å². The van der Waals surface area contributed by atoms with Crippen LogP contribution in [0.4, 0.5) is 4.39 Å². The number of carbonyl (C=O) groups excluding carboxylic acids is 1. The Labute approximate surface area is 192 Å². The number of benzene rings is 3. The maximum atomic E-state index is 13.1. The van der Waals surface area contributed by atoms with Gasteiger partial charge in [0.2, 0.25) is 5.91 Å². The Morgan fingerprint density at radius 2 is 1.78 bits per heavy atom. The van der Waals surface area contributed by atoms with Crippen LogP contribution in [0.25, 0.3) is 11.0 Å². The van der Waals surface area contributed by atoms with Crippen molar-refractivity contribution in [3.05, 3.63) is 99.6 Å². The van der Waals surface area contributed by atoms with Crippen molar-refractivity contribution < 1.29 is 9.18 Å². The lowest BCUT2D eigenvalue weighted by atomic mass is 10.1. The first-order valence-corrected chi connectivity index (χ1v) is 11.0. The smallest absolute Gasteiger partial charge is 0.222 e. The number of aromatic nitrogens is 2. The lowest BCUT2D eigenvalue weighted by Crippen LogP contribution is -2.24. The Bertz CT molecular complexity index is 1260.